The van der Waals surface area contributed by atoms with Crippen LogP contribution >= 0.6 is 24.8 Å². The van der Waals surface area contributed by atoms with Crippen molar-refractivity contribution in [2.24, 2.45) is 5.73 Å². The van der Waals surface area contributed by atoms with E-state index in [4.69, 9.17) is 5.73 Å². The summed E-state index contributed by atoms with van der Waals surface area (Å²) in [4.78, 5) is 29.1. The molecule has 2 aromatic rings. The molecular formula is C22H30Cl2N4O2. The van der Waals surface area contributed by atoms with Crippen molar-refractivity contribution >= 4 is 42.3 Å². The van der Waals surface area contributed by atoms with E-state index in [9.17, 15) is 9.59 Å². The summed E-state index contributed by atoms with van der Waals surface area (Å²) < 4.78 is 0. The largest absolute Gasteiger partial charge is 0.368 e. The van der Waals surface area contributed by atoms with E-state index < -0.39 is 5.54 Å². The molecule has 0 aromatic heterocycles. The fourth-order valence-corrected chi connectivity index (χ4v) is 3.39. The van der Waals surface area contributed by atoms with Gasteiger partial charge in [-0.15, -0.1) is 24.8 Å². The van der Waals surface area contributed by atoms with Crippen molar-refractivity contribution in [3.8, 4) is 0 Å². The predicted octanol–water partition coefficient (Wildman–Crippen LogP) is 2.56. The molecular weight excluding hydrogens is 423 g/mol. The lowest BCUT2D eigenvalue weighted by Gasteiger charge is -2.36. The van der Waals surface area contributed by atoms with Gasteiger partial charge in [0.05, 0.1) is 0 Å². The molecule has 3 rings (SSSR count). The lowest BCUT2D eigenvalue weighted by molar-refractivity contribution is -0.131. The van der Waals surface area contributed by atoms with Gasteiger partial charge >= 0.3 is 0 Å². The number of para-hydroxylation sites is 1. The third-order valence-electron chi connectivity index (χ3n) is 5.22. The van der Waals surface area contributed by atoms with Gasteiger partial charge in [0, 0.05) is 44.8 Å². The van der Waals surface area contributed by atoms with Crippen molar-refractivity contribution in [1.29, 1.82) is 0 Å². The van der Waals surface area contributed by atoms with Crippen molar-refractivity contribution < 1.29 is 9.59 Å². The second-order valence-corrected chi connectivity index (χ2v) is 7.28. The summed E-state index contributed by atoms with van der Waals surface area (Å²) in [6.45, 7) is 4.99. The normalized spacial score (nSPS) is 15.3. The minimum absolute atomic E-state index is 0. The predicted molar refractivity (Wildman–Crippen MR) is 125 cm³/mol. The summed E-state index contributed by atoms with van der Waals surface area (Å²) in [5.41, 5.74) is 7.01. The van der Waals surface area contributed by atoms with E-state index in [1.165, 1.54) is 5.69 Å². The van der Waals surface area contributed by atoms with Crippen LogP contribution in [0, 0.1) is 0 Å². The lowest BCUT2D eigenvalue weighted by atomic mass is 9.92. The van der Waals surface area contributed by atoms with Gasteiger partial charge in [-0.2, -0.15) is 0 Å². The van der Waals surface area contributed by atoms with E-state index in [2.05, 4.69) is 22.3 Å². The maximum absolute atomic E-state index is 12.5. The minimum Gasteiger partial charge on any atom is -0.368 e. The molecule has 164 valence electrons. The first-order valence-corrected chi connectivity index (χ1v) is 9.69. The Morgan fingerprint density at radius 1 is 0.933 bits per heavy atom. The minimum atomic E-state index is -1.12. The van der Waals surface area contributed by atoms with Crippen LogP contribution in [0.4, 0.5) is 5.69 Å². The molecule has 1 atom stereocenters. The molecule has 2 amide bonds. The molecule has 1 aliphatic heterocycles. The van der Waals surface area contributed by atoms with E-state index in [1.54, 1.807) is 6.92 Å². The van der Waals surface area contributed by atoms with Gasteiger partial charge < -0.3 is 20.9 Å². The number of amides is 2. The Bertz CT molecular complexity index is 795. The molecule has 0 aliphatic carbocycles. The van der Waals surface area contributed by atoms with Gasteiger partial charge in [-0.3, -0.25) is 9.59 Å². The number of halogens is 2. The van der Waals surface area contributed by atoms with Crippen LogP contribution < -0.4 is 16.0 Å². The summed E-state index contributed by atoms with van der Waals surface area (Å²) in [5.74, 6) is -0.216. The molecule has 3 N–H and O–H groups in total. The van der Waals surface area contributed by atoms with Gasteiger partial charge in [0.2, 0.25) is 11.8 Å². The molecule has 1 aliphatic rings. The Labute approximate surface area is 190 Å². The number of piperazine rings is 1. The lowest BCUT2D eigenvalue weighted by Crippen LogP contribution is -2.51. The summed E-state index contributed by atoms with van der Waals surface area (Å²) in [5, 5.41) is 2.80. The highest BCUT2D eigenvalue weighted by Crippen LogP contribution is 2.18. The van der Waals surface area contributed by atoms with E-state index in [0.29, 0.717) is 13.1 Å². The number of nitrogens with one attached hydrogen (secondary N) is 1. The maximum atomic E-state index is 12.5. The average molecular weight is 453 g/mol. The highest BCUT2D eigenvalue weighted by atomic mass is 35.5. The number of anilines is 1. The van der Waals surface area contributed by atoms with Crippen LogP contribution in [0.2, 0.25) is 0 Å². The number of rotatable bonds is 6. The molecule has 6 nitrogen and oxygen atoms in total. The van der Waals surface area contributed by atoms with Gasteiger partial charge in [0.25, 0.3) is 0 Å². The number of carbonyl (C=O) groups excluding carboxylic acids is 2. The highest BCUT2D eigenvalue weighted by Gasteiger charge is 2.30. The van der Waals surface area contributed by atoms with Crippen LogP contribution in [-0.2, 0) is 15.1 Å². The van der Waals surface area contributed by atoms with Gasteiger partial charge in [0.1, 0.15) is 5.54 Å². The first-order valence-electron chi connectivity index (χ1n) is 9.69. The van der Waals surface area contributed by atoms with Gasteiger partial charge in [-0.25, -0.2) is 0 Å². The molecule has 2 aromatic carbocycles. The van der Waals surface area contributed by atoms with Crippen molar-refractivity contribution in [1.82, 2.24) is 10.2 Å². The van der Waals surface area contributed by atoms with E-state index >= 15 is 0 Å². The van der Waals surface area contributed by atoms with E-state index in [0.717, 1.165) is 18.7 Å². The van der Waals surface area contributed by atoms with Crippen molar-refractivity contribution in [2.75, 3.05) is 37.6 Å². The van der Waals surface area contributed by atoms with Crippen molar-refractivity contribution in [3.63, 3.8) is 0 Å². The second-order valence-electron chi connectivity index (χ2n) is 7.28. The Morgan fingerprint density at radius 2 is 1.47 bits per heavy atom. The smallest absolute Gasteiger partial charge is 0.244 e. The number of hydrogen-bond acceptors (Lipinski definition) is 4. The zero-order chi connectivity index (χ0) is 20.0. The van der Waals surface area contributed by atoms with E-state index in [-0.39, 0.29) is 49.6 Å². The molecule has 1 heterocycles. The van der Waals surface area contributed by atoms with Crippen LogP contribution in [0.5, 0.6) is 0 Å². The number of carbonyl (C=O) groups is 2. The number of nitrogens with two attached hydrogens (primary N) is 1. The highest BCUT2D eigenvalue weighted by molar-refractivity contribution is 5.87. The zero-order valence-corrected chi connectivity index (χ0v) is 18.8. The summed E-state index contributed by atoms with van der Waals surface area (Å²) in [7, 11) is 0. The van der Waals surface area contributed by atoms with Gasteiger partial charge in [0.15, 0.2) is 0 Å². The van der Waals surface area contributed by atoms with Crippen LogP contribution in [-0.4, -0.2) is 49.4 Å². The molecule has 0 saturated carbocycles. The number of nitrogens with zero attached hydrogens (tertiary/aromatic N) is 2. The molecule has 30 heavy (non-hydrogen) atoms. The Balaban J connectivity index is 0.00000225. The van der Waals surface area contributed by atoms with Gasteiger partial charge in [-0.05, 0) is 24.6 Å². The fourth-order valence-electron chi connectivity index (χ4n) is 3.39. The summed E-state index contributed by atoms with van der Waals surface area (Å²) >= 11 is 0. The fraction of sp³-hybridized carbons (Fsp3) is 0.364. The molecule has 0 spiro atoms. The Kier molecular flexibility index (Phi) is 10.1. The maximum Gasteiger partial charge on any atom is 0.244 e. The standard InChI is InChI=1S/C22H28N4O2.2ClH/c1-22(23,18-8-4-2-5-9-18)21(28)24-13-12-20(27)26-16-14-25(15-17-26)19-10-6-3-7-11-19;;/h2-11H,12-17,23H2,1H3,(H,24,28);2*1H. The molecule has 0 radical (unpaired) electrons. The van der Waals surface area contributed by atoms with Crippen molar-refractivity contribution in [3.05, 3.63) is 66.2 Å². The molecule has 1 unspecified atom stereocenters. The molecule has 1 saturated heterocycles. The topological polar surface area (TPSA) is 78.7 Å². The first-order chi connectivity index (χ1) is 13.5. The van der Waals surface area contributed by atoms with Gasteiger partial charge in [-0.1, -0.05) is 48.5 Å². The SMILES string of the molecule is CC(N)(C(=O)NCCC(=O)N1CCN(c2ccccc2)CC1)c1ccccc1.Cl.Cl. The quantitative estimate of drug-likeness (QED) is 0.705. The first kappa shape index (κ1) is 25.8. The summed E-state index contributed by atoms with van der Waals surface area (Å²) in [6, 6.07) is 19.5. The zero-order valence-electron chi connectivity index (χ0n) is 17.1. The van der Waals surface area contributed by atoms with Crippen molar-refractivity contribution in [2.45, 2.75) is 18.9 Å². The summed E-state index contributed by atoms with van der Waals surface area (Å²) in [6.07, 6.45) is 0.280. The Hall–Kier alpha value is -2.28. The third-order valence-corrected chi connectivity index (χ3v) is 5.22. The molecule has 1 fully saturated rings. The van der Waals surface area contributed by atoms with E-state index in [1.807, 2.05) is 53.4 Å². The average Bonchev–Trinajstić information content (AvgIpc) is 2.75. The monoisotopic (exact) mass is 452 g/mol. The second kappa shape index (κ2) is 11.8. The number of benzene rings is 2. The Morgan fingerprint density at radius 3 is 2.03 bits per heavy atom. The van der Waals surface area contributed by atoms with Crippen LogP contribution in [0.1, 0.15) is 18.9 Å². The van der Waals surface area contributed by atoms with Crippen LogP contribution in [0.25, 0.3) is 0 Å². The van der Waals surface area contributed by atoms with Crippen LogP contribution in [0.3, 0.4) is 0 Å². The third kappa shape index (κ3) is 6.36. The molecule has 0 bridgehead atoms. The molecule has 8 heteroatoms. The number of hydrogen-bond donors (Lipinski definition) is 2. The van der Waals surface area contributed by atoms with Crippen LogP contribution in [0.15, 0.2) is 60.7 Å².